The van der Waals surface area contributed by atoms with Gasteiger partial charge >= 0.3 is 6.18 Å². The Morgan fingerprint density at radius 3 is 2.51 bits per heavy atom. The summed E-state index contributed by atoms with van der Waals surface area (Å²) < 4.78 is 66.8. The number of aromatic amines is 1. The molecule has 1 aliphatic heterocycles. The number of benzene rings is 2. The second-order valence-electron chi connectivity index (χ2n) is 11.7. The molecule has 1 aromatic heterocycles. The van der Waals surface area contributed by atoms with Crippen molar-refractivity contribution >= 4 is 11.5 Å². The lowest BCUT2D eigenvalue weighted by molar-refractivity contribution is -0.142. The van der Waals surface area contributed by atoms with Crippen molar-refractivity contribution in [1.29, 1.82) is 0 Å². The molecular weight excluding hydrogens is 569 g/mol. The van der Waals surface area contributed by atoms with E-state index in [1.807, 2.05) is 24.3 Å². The summed E-state index contributed by atoms with van der Waals surface area (Å²) in [5.41, 5.74) is 1.46. The standard InChI is InChI=1S/C32H30F5N3O3/c33-31(34)11-9-19(10-12-31)20-4-1-6-22(16-20)30(13-14-30)29-38-25-8-3-15-40(18-24(25)27(42)39-29)28(43)26(41)21-5-2-7-23(17-21)32(35,36)37/h1-2,4-7,9,16-17,26,41H,3,8,10-15,18H2,(H,38,39,42). The third kappa shape index (κ3) is 5.74. The largest absolute Gasteiger partial charge is 0.416 e. The van der Waals surface area contributed by atoms with Crippen LogP contribution in [0.25, 0.3) is 5.57 Å². The van der Waals surface area contributed by atoms with E-state index in [4.69, 9.17) is 4.98 Å². The van der Waals surface area contributed by atoms with Crippen molar-refractivity contribution < 1.29 is 31.9 Å². The predicted molar refractivity (Wildman–Crippen MR) is 148 cm³/mol. The number of aromatic nitrogens is 2. The van der Waals surface area contributed by atoms with Crippen molar-refractivity contribution in [3.8, 4) is 0 Å². The lowest BCUT2D eigenvalue weighted by Crippen LogP contribution is -2.36. The maximum absolute atomic E-state index is 13.7. The van der Waals surface area contributed by atoms with E-state index in [-0.39, 0.29) is 43.5 Å². The normalized spacial score (nSPS) is 20.0. The summed E-state index contributed by atoms with van der Waals surface area (Å²) in [6.45, 7) is 0.0649. The molecule has 1 saturated carbocycles. The van der Waals surface area contributed by atoms with Gasteiger partial charge in [0, 0.05) is 19.4 Å². The van der Waals surface area contributed by atoms with Crippen LogP contribution < -0.4 is 5.56 Å². The van der Waals surface area contributed by atoms with Crippen LogP contribution in [0.2, 0.25) is 0 Å². The Labute approximate surface area is 244 Å². The number of aliphatic hydroxyl groups is 1. The number of rotatable bonds is 5. The van der Waals surface area contributed by atoms with Crippen molar-refractivity contribution in [2.75, 3.05) is 6.54 Å². The Morgan fingerprint density at radius 1 is 1.05 bits per heavy atom. The SMILES string of the molecule is O=C(C(O)c1cccc(C(F)(F)F)c1)N1CCCc2nc(C3(c4cccc(C5=CCC(F)(F)CC5)c4)CC3)[nH]c(=O)c2C1. The highest BCUT2D eigenvalue weighted by Gasteiger charge is 2.49. The highest BCUT2D eigenvalue weighted by molar-refractivity contribution is 5.82. The summed E-state index contributed by atoms with van der Waals surface area (Å²) in [6.07, 6.45) is -2.66. The van der Waals surface area contributed by atoms with Gasteiger partial charge in [-0.15, -0.1) is 0 Å². The van der Waals surface area contributed by atoms with Crippen LogP contribution in [0.5, 0.6) is 0 Å². The maximum atomic E-state index is 13.7. The van der Waals surface area contributed by atoms with Crippen LogP contribution in [0.1, 0.15) is 84.0 Å². The molecule has 2 aliphatic carbocycles. The van der Waals surface area contributed by atoms with Crippen molar-refractivity contribution in [3.05, 3.63) is 104 Å². The van der Waals surface area contributed by atoms with Gasteiger partial charge in [-0.2, -0.15) is 13.2 Å². The first-order valence-corrected chi connectivity index (χ1v) is 14.3. The molecule has 0 bridgehead atoms. The van der Waals surface area contributed by atoms with E-state index in [0.717, 1.165) is 47.7 Å². The minimum Gasteiger partial charge on any atom is -0.378 e. The van der Waals surface area contributed by atoms with Crippen LogP contribution >= 0.6 is 0 Å². The number of allylic oxidation sites excluding steroid dienone is 2. The molecule has 0 radical (unpaired) electrons. The molecule has 0 saturated heterocycles. The number of amides is 1. The van der Waals surface area contributed by atoms with Gasteiger partial charge in [-0.3, -0.25) is 9.59 Å². The molecule has 43 heavy (non-hydrogen) atoms. The smallest absolute Gasteiger partial charge is 0.378 e. The molecule has 2 N–H and O–H groups in total. The number of nitrogens with zero attached hydrogens (tertiary/aromatic N) is 2. The zero-order valence-corrected chi connectivity index (χ0v) is 23.2. The van der Waals surface area contributed by atoms with Gasteiger partial charge in [-0.1, -0.05) is 42.5 Å². The molecule has 1 amide bonds. The monoisotopic (exact) mass is 599 g/mol. The lowest BCUT2D eigenvalue weighted by atomic mass is 9.87. The van der Waals surface area contributed by atoms with E-state index in [2.05, 4.69) is 4.98 Å². The fourth-order valence-electron chi connectivity index (χ4n) is 6.10. The Morgan fingerprint density at radius 2 is 1.81 bits per heavy atom. The number of nitrogens with one attached hydrogen (secondary N) is 1. The van der Waals surface area contributed by atoms with Gasteiger partial charge in [-0.05, 0) is 66.5 Å². The Hall–Kier alpha value is -3.86. The van der Waals surface area contributed by atoms with Gasteiger partial charge in [-0.25, -0.2) is 13.8 Å². The summed E-state index contributed by atoms with van der Waals surface area (Å²) in [6, 6.07) is 11.7. The Kier molecular flexibility index (Phi) is 7.27. The van der Waals surface area contributed by atoms with Crippen LogP contribution in [0.15, 0.2) is 59.4 Å². The summed E-state index contributed by atoms with van der Waals surface area (Å²) in [5, 5.41) is 10.7. The average molecular weight is 600 g/mol. The minimum absolute atomic E-state index is 0.131. The summed E-state index contributed by atoms with van der Waals surface area (Å²) in [5.74, 6) is -2.96. The van der Waals surface area contributed by atoms with Crippen LogP contribution in [0.3, 0.4) is 0 Å². The van der Waals surface area contributed by atoms with E-state index in [0.29, 0.717) is 24.4 Å². The molecule has 11 heteroatoms. The number of aliphatic hydroxyl groups excluding tert-OH is 1. The molecule has 3 aromatic rings. The molecule has 6 nitrogen and oxygen atoms in total. The zero-order chi connectivity index (χ0) is 30.6. The van der Waals surface area contributed by atoms with Crippen LogP contribution in [-0.2, 0) is 29.4 Å². The third-order valence-electron chi connectivity index (χ3n) is 8.76. The fraction of sp³-hybridized carbons (Fsp3) is 0.406. The molecule has 2 heterocycles. The number of carbonyl (C=O) groups excluding carboxylic acids is 1. The van der Waals surface area contributed by atoms with Gasteiger partial charge in [0.25, 0.3) is 17.4 Å². The highest BCUT2D eigenvalue weighted by Crippen LogP contribution is 2.52. The number of fused-ring (bicyclic) bond motifs is 1. The number of alkyl halides is 5. The maximum Gasteiger partial charge on any atom is 0.416 e. The molecule has 6 rings (SSSR count). The van der Waals surface area contributed by atoms with E-state index in [1.165, 1.54) is 11.0 Å². The average Bonchev–Trinajstić information content (AvgIpc) is 3.81. The first kappa shape index (κ1) is 29.2. The van der Waals surface area contributed by atoms with Crippen molar-refractivity contribution in [1.82, 2.24) is 14.9 Å². The minimum atomic E-state index is -4.62. The van der Waals surface area contributed by atoms with E-state index in [1.54, 1.807) is 6.08 Å². The molecule has 1 unspecified atom stereocenters. The van der Waals surface area contributed by atoms with Gasteiger partial charge < -0.3 is 15.0 Å². The molecule has 226 valence electrons. The number of hydrogen-bond acceptors (Lipinski definition) is 4. The molecule has 0 spiro atoms. The molecule has 1 atom stereocenters. The molecule has 3 aliphatic rings. The van der Waals surface area contributed by atoms with Crippen molar-refractivity contribution in [2.45, 2.75) is 75.1 Å². The van der Waals surface area contributed by atoms with Crippen LogP contribution in [0, 0.1) is 0 Å². The number of hydrogen-bond donors (Lipinski definition) is 2. The lowest BCUT2D eigenvalue weighted by Gasteiger charge is -2.24. The number of carbonyl (C=O) groups is 1. The summed E-state index contributed by atoms with van der Waals surface area (Å²) in [4.78, 5) is 35.6. The zero-order valence-electron chi connectivity index (χ0n) is 23.2. The van der Waals surface area contributed by atoms with Gasteiger partial charge in [0.05, 0.1) is 28.8 Å². The van der Waals surface area contributed by atoms with Gasteiger partial charge in [0.15, 0.2) is 6.10 Å². The first-order chi connectivity index (χ1) is 20.4. The van der Waals surface area contributed by atoms with E-state index >= 15 is 0 Å². The summed E-state index contributed by atoms with van der Waals surface area (Å²) in [7, 11) is 0. The fourth-order valence-corrected chi connectivity index (χ4v) is 6.10. The van der Waals surface area contributed by atoms with Crippen molar-refractivity contribution in [3.63, 3.8) is 0 Å². The Bertz CT molecular complexity index is 1660. The predicted octanol–water partition coefficient (Wildman–Crippen LogP) is 6.08. The second kappa shape index (κ2) is 10.7. The highest BCUT2D eigenvalue weighted by atomic mass is 19.4. The first-order valence-electron chi connectivity index (χ1n) is 14.3. The molecule has 2 aromatic carbocycles. The number of H-pyrrole nitrogens is 1. The van der Waals surface area contributed by atoms with Crippen molar-refractivity contribution in [2.24, 2.45) is 0 Å². The topological polar surface area (TPSA) is 86.3 Å². The van der Waals surface area contributed by atoms with E-state index in [9.17, 15) is 36.6 Å². The van der Waals surface area contributed by atoms with Gasteiger partial charge in [0.1, 0.15) is 5.82 Å². The molecular formula is C32H30F5N3O3. The second-order valence-corrected chi connectivity index (χ2v) is 11.7. The molecule has 1 fully saturated rings. The number of halogens is 5. The van der Waals surface area contributed by atoms with Crippen LogP contribution in [-0.4, -0.2) is 38.3 Å². The number of aryl methyl sites for hydroxylation is 1. The summed E-state index contributed by atoms with van der Waals surface area (Å²) >= 11 is 0. The third-order valence-corrected chi connectivity index (χ3v) is 8.76. The Balaban J connectivity index is 1.24. The van der Waals surface area contributed by atoms with Crippen LogP contribution in [0.4, 0.5) is 22.0 Å². The quantitative estimate of drug-likeness (QED) is 0.348. The van der Waals surface area contributed by atoms with E-state index < -0.39 is 40.6 Å². The van der Waals surface area contributed by atoms with Gasteiger partial charge in [0.2, 0.25) is 0 Å².